The number of aromatic amines is 1. The fourth-order valence-corrected chi connectivity index (χ4v) is 3.82. The molecule has 0 aliphatic carbocycles. The van der Waals surface area contributed by atoms with E-state index < -0.39 is 17.6 Å². The Labute approximate surface area is 186 Å². The third-order valence-electron chi connectivity index (χ3n) is 4.96. The van der Waals surface area contributed by atoms with Crippen LogP contribution in [0.3, 0.4) is 0 Å². The number of imidazole rings is 1. The van der Waals surface area contributed by atoms with Gasteiger partial charge in [0.05, 0.1) is 33.1 Å². The Morgan fingerprint density at radius 3 is 2.56 bits per heavy atom. The summed E-state index contributed by atoms with van der Waals surface area (Å²) in [5, 5.41) is 2.91. The zero-order chi connectivity index (χ0) is 22.9. The lowest BCUT2D eigenvalue weighted by Gasteiger charge is -2.13. The Hall–Kier alpha value is -3.33. The second-order valence-corrected chi connectivity index (χ2v) is 8.30. The number of nitrogens with one attached hydrogen (secondary N) is 2. The number of H-pyrrole nitrogens is 1. The maximum absolute atomic E-state index is 13.1. The number of carbonyl (C=O) groups excluding carboxylic acids is 1. The van der Waals surface area contributed by atoms with Crippen molar-refractivity contribution >= 4 is 34.4 Å². The van der Waals surface area contributed by atoms with Crippen molar-refractivity contribution in [1.29, 1.82) is 0 Å². The topological polar surface area (TPSA) is 70.7 Å². The molecule has 0 saturated heterocycles. The minimum absolute atomic E-state index is 0.0677. The first-order valence-corrected chi connectivity index (χ1v) is 10.7. The van der Waals surface area contributed by atoms with Gasteiger partial charge in [0.25, 0.3) is 0 Å². The minimum atomic E-state index is -4.54. The Balaban J connectivity index is 1.41. The van der Waals surface area contributed by atoms with Gasteiger partial charge >= 0.3 is 6.18 Å². The number of thioether (sulfide) groups is 1. The quantitative estimate of drug-likeness (QED) is 0.362. The average molecular weight is 456 g/mol. The predicted molar refractivity (Wildman–Crippen MR) is 120 cm³/mol. The number of fused-ring (bicyclic) bond motifs is 1. The normalized spacial score (nSPS) is 11.7. The van der Waals surface area contributed by atoms with Crippen LogP contribution in [0.1, 0.15) is 16.7 Å². The molecule has 4 aromatic rings. The Morgan fingerprint density at radius 1 is 1.09 bits per heavy atom. The zero-order valence-electron chi connectivity index (χ0n) is 17.2. The van der Waals surface area contributed by atoms with E-state index in [0.29, 0.717) is 10.9 Å². The highest BCUT2D eigenvalue weighted by Gasteiger charge is 2.33. The highest BCUT2D eigenvalue weighted by molar-refractivity contribution is 7.99. The van der Waals surface area contributed by atoms with Gasteiger partial charge in [0, 0.05) is 11.8 Å². The number of hydrogen-bond acceptors (Lipinski definition) is 4. The van der Waals surface area contributed by atoms with Gasteiger partial charge in [0.2, 0.25) is 5.91 Å². The fourth-order valence-electron chi connectivity index (χ4n) is 3.18. The van der Waals surface area contributed by atoms with E-state index in [1.165, 1.54) is 23.8 Å². The molecule has 0 fully saturated rings. The van der Waals surface area contributed by atoms with Crippen LogP contribution in [0, 0.1) is 13.8 Å². The van der Waals surface area contributed by atoms with E-state index in [4.69, 9.17) is 0 Å². The smallest absolute Gasteiger partial charge is 0.338 e. The van der Waals surface area contributed by atoms with Crippen LogP contribution in [0.15, 0.2) is 59.8 Å². The molecule has 0 saturated carbocycles. The van der Waals surface area contributed by atoms with Gasteiger partial charge in [-0.3, -0.25) is 4.79 Å². The van der Waals surface area contributed by atoms with Crippen molar-refractivity contribution in [2.24, 2.45) is 0 Å². The standard InChI is InChI=1S/C23H19F3N4OS/c1-13-9-18-19(10-14(13)2)30-22(29-18)15-7-8-21(27-11-15)32-12-20(31)28-17-6-4-3-5-16(17)23(24,25)26/h3-11H,12H2,1-2H3,(H,28,31)(H,29,30). The van der Waals surface area contributed by atoms with E-state index in [1.807, 2.05) is 32.0 Å². The summed E-state index contributed by atoms with van der Waals surface area (Å²) in [5.41, 5.74) is 3.81. The predicted octanol–water partition coefficient (Wildman–Crippen LogP) is 5.99. The molecular formula is C23H19F3N4OS. The number of para-hydroxylation sites is 1. The van der Waals surface area contributed by atoms with Crippen LogP contribution in [0.5, 0.6) is 0 Å². The third kappa shape index (κ3) is 4.77. The summed E-state index contributed by atoms with van der Waals surface area (Å²) in [5.74, 6) is 0.0815. The van der Waals surface area contributed by atoms with Gasteiger partial charge in [-0.25, -0.2) is 9.97 Å². The van der Waals surface area contributed by atoms with E-state index in [2.05, 4.69) is 20.3 Å². The van der Waals surface area contributed by atoms with Gasteiger partial charge in [-0.1, -0.05) is 23.9 Å². The Bertz CT molecular complexity index is 1240. The molecule has 0 radical (unpaired) electrons. The van der Waals surface area contributed by atoms with Crippen molar-refractivity contribution in [2.45, 2.75) is 25.0 Å². The number of pyridine rings is 1. The lowest BCUT2D eigenvalue weighted by Crippen LogP contribution is -2.18. The van der Waals surface area contributed by atoms with Gasteiger partial charge in [0.1, 0.15) is 5.82 Å². The van der Waals surface area contributed by atoms with E-state index in [1.54, 1.807) is 12.3 Å². The summed E-state index contributed by atoms with van der Waals surface area (Å²) in [4.78, 5) is 24.4. The second-order valence-electron chi connectivity index (χ2n) is 7.30. The molecule has 0 atom stereocenters. The number of anilines is 1. The van der Waals surface area contributed by atoms with Gasteiger partial charge in [-0.05, 0) is 61.4 Å². The van der Waals surface area contributed by atoms with E-state index in [9.17, 15) is 18.0 Å². The first kappa shape index (κ1) is 21.9. The number of rotatable bonds is 5. The van der Waals surface area contributed by atoms with Crippen molar-refractivity contribution in [2.75, 3.05) is 11.1 Å². The van der Waals surface area contributed by atoms with Crippen molar-refractivity contribution in [3.63, 3.8) is 0 Å². The van der Waals surface area contributed by atoms with Crippen molar-refractivity contribution in [1.82, 2.24) is 15.0 Å². The number of alkyl halides is 3. The lowest BCUT2D eigenvalue weighted by molar-refractivity contribution is -0.137. The molecule has 2 heterocycles. The van der Waals surface area contributed by atoms with Gasteiger partial charge in [-0.2, -0.15) is 13.2 Å². The molecule has 0 unspecified atom stereocenters. The lowest BCUT2D eigenvalue weighted by atomic mass is 10.1. The molecule has 32 heavy (non-hydrogen) atoms. The molecule has 4 rings (SSSR count). The van der Waals surface area contributed by atoms with Gasteiger partial charge < -0.3 is 10.3 Å². The monoisotopic (exact) mass is 456 g/mol. The summed E-state index contributed by atoms with van der Waals surface area (Å²) in [6, 6.07) is 12.6. The summed E-state index contributed by atoms with van der Waals surface area (Å²) < 4.78 is 39.2. The molecule has 0 aliphatic rings. The number of carbonyl (C=O) groups is 1. The minimum Gasteiger partial charge on any atom is -0.338 e. The molecule has 1 amide bonds. The van der Waals surface area contributed by atoms with Crippen LogP contribution < -0.4 is 5.32 Å². The Kier molecular flexibility index (Phi) is 5.92. The SMILES string of the molecule is Cc1cc2nc(-c3ccc(SCC(=O)Nc4ccccc4C(F)(F)F)nc3)[nH]c2cc1C. The van der Waals surface area contributed by atoms with E-state index in [0.717, 1.165) is 40.0 Å². The molecule has 2 N–H and O–H groups in total. The molecule has 5 nitrogen and oxygen atoms in total. The van der Waals surface area contributed by atoms with E-state index >= 15 is 0 Å². The highest BCUT2D eigenvalue weighted by atomic mass is 32.2. The molecule has 0 bridgehead atoms. The molecule has 0 spiro atoms. The summed E-state index contributed by atoms with van der Waals surface area (Å²) >= 11 is 1.14. The van der Waals surface area contributed by atoms with Crippen LogP contribution in [-0.2, 0) is 11.0 Å². The third-order valence-corrected chi connectivity index (χ3v) is 5.91. The number of benzene rings is 2. The molecule has 9 heteroatoms. The number of aryl methyl sites for hydroxylation is 2. The zero-order valence-corrected chi connectivity index (χ0v) is 18.1. The second kappa shape index (κ2) is 8.66. The molecule has 164 valence electrons. The van der Waals surface area contributed by atoms with Crippen LogP contribution in [0.2, 0.25) is 0 Å². The summed E-state index contributed by atoms with van der Waals surface area (Å²) in [7, 11) is 0. The van der Waals surface area contributed by atoms with E-state index in [-0.39, 0.29) is 11.4 Å². The number of amides is 1. The molecule has 2 aromatic heterocycles. The first-order chi connectivity index (χ1) is 15.2. The average Bonchev–Trinajstić information content (AvgIpc) is 3.15. The fraction of sp³-hybridized carbons (Fsp3) is 0.174. The van der Waals surface area contributed by atoms with Gasteiger partial charge in [0.15, 0.2) is 0 Å². The van der Waals surface area contributed by atoms with Crippen molar-refractivity contribution in [3.05, 3.63) is 71.4 Å². The summed E-state index contributed by atoms with van der Waals surface area (Å²) in [6.07, 6.45) is -2.89. The largest absolute Gasteiger partial charge is 0.418 e. The number of hydrogen-bond donors (Lipinski definition) is 2. The molecule has 0 aliphatic heterocycles. The van der Waals surface area contributed by atoms with Crippen molar-refractivity contribution in [3.8, 4) is 11.4 Å². The number of halogens is 3. The van der Waals surface area contributed by atoms with Crippen LogP contribution in [0.25, 0.3) is 22.4 Å². The van der Waals surface area contributed by atoms with Crippen LogP contribution in [-0.4, -0.2) is 26.6 Å². The first-order valence-electron chi connectivity index (χ1n) is 9.73. The number of nitrogens with zero attached hydrogens (tertiary/aromatic N) is 2. The number of aromatic nitrogens is 3. The highest BCUT2D eigenvalue weighted by Crippen LogP contribution is 2.34. The van der Waals surface area contributed by atoms with Gasteiger partial charge in [-0.15, -0.1) is 0 Å². The van der Waals surface area contributed by atoms with Crippen LogP contribution >= 0.6 is 11.8 Å². The van der Waals surface area contributed by atoms with Crippen LogP contribution in [0.4, 0.5) is 18.9 Å². The summed E-state index contributed by atoms with van der Waals surface area (Å²) in [6.45, 7) is 4.08. The maximum atomic E-state index is 13.1. The maximum Gasteiger partial charge on any atom is 0.418 e. The Morgan fingerprint density at radius 2 is 1.84 bits per heavy atom. The van der Waals surface area contributed by atoms with Crippen molar-refractivity contribution < 1.29 is 18.0 Å². The molecule has 2 aromatic carbocycles. The molecular weight excluding hydrogens is 437 g/mol.